The highest BCUT2D eigenvalue weighted by molar-refractivity contribution is 5.74. The molecule has 1 aromatic heterocycles. The second-order valence-electron chi connectivity index (χ2n) is 5.25. The zero-order chi connectivity index (χ0) is 15.4. The third kappa shape index (κ3) is 2.92. The Kier molecular flexibility index (Phi) is 4.30. The summed E-state index contributed by atoms with van der Waals surface area (Å²) >= 11 is 0. The van der Waals surface area contributed by atoms with E-state index < -0.39 is 0 Å². The maximum Gasteiger partial charge on any atom is 0.273 e. The smallest absolute Gasteiger partial charge is 0.273 e. The fourth-order valence-corrected chi connectivity index (χ4v) is 2.58. The summed E-state index contributed by atoms with van der Waals surface area (Å²) < 4.78 is 1.77. The highest BCUT2D eigenvalue weighted by Crippen LogP contribution is 2.12. The average molecular weight is 294 g/mol. The van der Waals surface area contributed by atoms with Gasteiger partial charge in [0.1, 0.15) is 5.69 Å². The lowest BCUT2D eigenvalue weighted by Gasteiger charge is -2.12. The molecule has 0 fully saturated rings. The van der Waals surface area contributed by atoms with E-state index in [4.69, 9.17) is 5.11 Å². The Morgan fingerprint density at radius 2 is 1.73 bits per heavy atom. The number of hydrogen-bond donors (Lipinski definition) is 1. The van der Waals surface area contributed by atoms with Crippen LogP contribution in [0, 0.1) is 0 Å². The topological polar surface area (TPSA) is 55.1 Å². The number of aryl methyl sites for hydroxylation is 1. The Morgan fingerprint density at radius 3 is 2.50 bits per heavy atom. The number of para-hydroxylation sites is 2. The van der Waals surface area contributed by atoms with Crippen molar-refractivity contribution in [2.24, 2.45) is 0 Å². The Bertz CT molecular complexity index is 825. The highest BCUT2D eigenvalue weighted by Gasteiger charge is 2.10. The molecular formula is C18H18N2O2. The SMILES string of the molecule is O=c1c(CCCO)nc2ccccc2n1Cc1ccccc1. The minimum atomic E-state index is -0.0731. The number of nitrogens with zero attached hydrogens (tertiary/aromatic N) is 2. The first-order chi connectivity index (χ1) is 10.8. The van der Waals surface area contributed by atoms with Gasteiger partial charge in [-0.2, -0.15) is 0 Å². The molecule has 4 heteroatoms. The molecule has 2 aromatic carbocycles. The van der Waals surface area contributed by atoms with Crippen LogP contribution in [0.5, 0.6) is 0 Å². The second-order valence-corrected chi connectivity index (χ2v) is 5.25. The molecule has 0 saturated carbocycles. The van der Waals surface area contributed by atoms with E-state index >= 15 is 0 Å². The lowest BCUT2D eigenvalue weighted by molar-refractivity contribution is 0.288. The van der Waals surface area contributed by atoms with Gasteiger partial charge in [-0.15, -0.1) is 0 Å². The summed E-state index contributed by atoms with van der Waals surface area (Å²) in [6, 6.07) is 17.6. The molecule has 1 N–H and O–H groups in total. The lowest BCUT2D eigenvalue weighted by atomic mass is 10.2. The summed E-state index contributed by atoms with van der Waals surface area (Å²) in [5.41, 5.74) is 3.17. The molecule has 4 nitrogen and oxygen atoms in total. The minimum absolute atomic E-state index is 0.0621. The van der Waals surface area contributed by atoms with E-state index in [0.717, 1.165) is 16.6 Å². The summed E-state index contributed by atoms with van der Waals surface area (Å²) in [4.78, 5) is 17.2. The molecule has 112 valence electrons. The van der Waals surface area contributed by atoms with Crippen LogP contribution in [-0.4, -0.2) is 21.3 Å². The monoisotopic (exact) mass is 294 g/mol. The van der Waals surface area contributed by atoms with Gasteiger partial charge in [0.05, 0.1) is 17.6 Å². The number of aliphatic hydroxyl groups excluding tert-OH is 1. The minimum Gasteiger partial charge on any atom is -0.396 e. The molecule has 0 aliphatic heterocycles. The van der Waals surface area contributed by atoms with Gasteiger partial charge in [-0.3, -0.25) is 4.79 Å². The van der Waals surface area contributed by atoms with Gasteiger partial charge in [-0.25, -0.2) is 4.98 Å². The van der Waals surface area contributed by atoms with Crippen LogP contribution < -0.4 is 5.56 Å². The van der Waals surface area contributed by atoms with Crippen molar-refractivity contribution in [1.29, 1.82) is 0 Å². The number of aliphatic hydroxyl groups is 1. The summed E-state index contributed by atoms with van der Waals surface area (Å²) in [6.07, 6.45) is 1.04. The first kappa shape index (κ1) is 14.5. The van der Waals surface area contributed by atoms with Crippen molar-refractivity contribution < 1.29 is 5.11 Å². The standard InChI is InChI=1S/C18H18N2O2/c21-12-6-10-16-18(22)20(13-14-7-2-1-3-8-14)17-11-5-4-9-15(17)19-16/h1-5,7-9,11,21H,6,10,12-13H2. The van der Waals surface area contributed by atoms with Gasteiger partial charge in [0, 0.05) is 6.61 Å². The van der Waals surface area contributed by atoms with Gasteiger partial charge < -0.3 is 9.67 Å². The van der Waals surface area contributed by atoms with E-state index in [1.165, 1.54) is 0 Å². The second kappa shape index (κ2) is 6.54. The van der Waals surface area contributed by atoms with Gasteiger partial charge in [-0.1, -0.05) is 42.5 Å². The molecule has 0 unspecified atom stereocenters. The molecule has 0 bridgehead atoms. The van der Waals surface area contributed by atoms with E-state index in [1.807, 2.05) is 54.6 Å². The summed E-state index contributed by atoms with van der Waals surface area (Å²) in [5, 5.41) is 9.00. The van der Waals surface area contributed by atoms with Crippen LogP contribution >= 0.6 is 0 Å². The molecule has 1 heterocycles. The fraction of sp³-hybridized carbons (Fsp3) is 0.222. The predicted octanol–water partition coefficient (Wildman–Crippen LogP) is 2.37. The fourth-order valence-electron chi connectivity index (χ4n) is 2.58. The summed E-state index contributed by atoms with van der Waals surface area (Å²) in [7, 11) is 0. The van der Waals surface area contributed by atoms with Gasteiger partial charge in [0.2, 0.25) is 0 Å². The molecule has 0 atom stereocenters. The predicted molar refractivity (Wildman–Crippen MR) is 87.0 cm³/mol. The van der Waals surface area contributed by atoms with Crippen LogP contribution in [0.4, 0.5) is 0 Å². The molecule has 0 spiro atoms. The number of rotatable bonds is 5. The van der Waals surface area contributed by atoms with Gasteiger partial charge in [0.25, 0.3) is 5.56 Å². The molecule has 0 radical (unpaired) electrons. The van der Waals surface area contributed by atoms with E-state index in [0.29, 0.717) is 25.1 Å². The van der Waals surface area contributed by atoms with Gasteiger partial charge in [0.15, 0.2) is 0 Å². The number of fused-ring (bicyclic) bond motifs is 1. The molecule has 3 rings (SSSR count). The van der Waals surface area contributed by atoms with Crippen molar-refractivity contribution in [3.63, 3.8) is 0 Å². The number of hydrogen-bond acceptors (Lipinski definition) is 3. The maximum atomic E-state index is 12.7. The Balaban J connectivity index is 2.13. The van der Waals surface area contributed by atoms with E-state index in [2.05, 4.69) is 4.98 Å². The summed E-state index contributed by atoms with van der Waals surface area (Å²) in [6.45, 7) is 0.585. The Labute approximate surface area is 128 Å². The molecule has 0 aliphatic carbocycles. The molecule has 3 aromatic rings. The van der Waals surface area contributed by atoms with Crippen LogP contribution in [0.25, 0.3) is 11.0 Å². The zero-order valence-electron chi connectivity index (χ0n) is 12.3. The maximum absolute atomic E-state index is 12.7. The largest absolute Gasteiger partial charge is 0.396 e. The summed E-state index contributed by atoms with van der Waals surface area (Å²) in [5.74, 6) is 0. The van der Waals surface area contributed by atoms with Gasteiger partial charge in [-0.05, 0) is 30.5 Å². The van der Waals surface area contributed by atoms with E-state index in [-0.39, 0.29) is 12.2 Å². The van der Waals surface area contributed by atoms with Crippen LogP contribution in [0.15, 0.2) is 59.4 Å². The van der Waals surface area contributed by atoms with Crippen molar-refractivity contribution in [1.82, 2.24) is 9.55 Å². The Morgan fingerprint density at radius 1 is 1.00 bits per heavy atom. The number of aromatic nitrogens is 2. The first-order valence-electron chi connectivity index (χ1n) is 7.43. The average Bonchev–Trinajstić information content (AvgIpc) is 2.57. The highest BCUT2D eigenvalue weighted by atomic mass is 16.3. The van der Waals surface area contributed by atoms with Crippen molar-refractivity contribution >= 4 is 11.0 Å². The number of benzene rings is 2. The van der Waals surface area contributed by atoms with Gasteiger partial charge >= 0.3 is 0 Å². The molecule has 22 heavy (non-hydrogen) atoms. The molecular weight excluding hydrogens is 276 g/mol. The normalized spacial score (nSPS) is 11.0. The third-order valence-electron chi connectivity index (χ3n) is 3.68. The molecule has 0 amide bonds. The Hall–Kier alpha value is -2.46. The molecule has 0 saturated heterocycles. The van der Waals surface area contributed by atoms with E-state index in [1.54, 1.807) is 4.57 Å². The van der Waals surface area contributed by atoms with Crippen LogP contribution in [-0.2, 0) is 13.0 Å². The van der Waals surface area contributed by atoms with Crippen molar-refractivity contribution in [2.75, 3.05) is 6.61 Å². The van der Waals surface area contributed by atoms with Crippen LogP contribution in [0.1, 0.15) is 17.7 Å². The zero-order valence-corrected chi connectivity index (χ0v) is 12.3. The lowest BCUT2D eigenvalue weighted by Crippen LogP contribution is -2.26. The van der Waals surface area contributed by atoms with Crippen molar-refractivity contribution in [3.8, 4) is 0 Å². The van der Waals surface area contributed by atoms with Crippen molar-refractivity contribution in [2.45, 2.75) is 19.4 Å². The quantitative estimate of drug-likeness (QED) is 0.786. The van der Waals surface area contributed by atoms with Crippen LogP contribution in [0.3, 0.4) is 0 Å². The van der Waals surface area contributed by atoms with Crippen LogP contribution in [0.2, 0.25) is 0 Å². The van der Waals surface area contributed by atoms with E-state index in [9.17, 15) is 4.79 Å². The molecule has 0 aliphatic rings. The third-order valence-corrected chi connectivity index (χ3v) is 3.68. The van der Waals surface area contributed by atoms with Crippen molar-refractivity contribution in [3.05, 3.63) is 76.2 Å². The first-order valence-corrected chi connectivity index (χ1v) is 7.43.